The molecule has 0 atom stereocenters. The molecule has 2 aliphatic heterocycles. The predicted molar refractivity (Wildman–Crippen MR) is 97.5 cm³/mol. The van der Waals surface area contributed by atoms with Gasteiger partial charge in [0.2, 0.25) is 0 Å². The van der Waals surface area contributed by atoms with E-state index in [1.165, 1.54) is 4.90 Å². The summed E-state index contributed by atoms with van der Waals surface area (Å²) in [6.45, 7) is 1.49. The largest absolute Gasteiger partial charge is 0.447 e. The van der Waals surface area contributed by atoms with E-state index in [1.807, 2.05) is 6.07 Å². The first-order chi connectivity index (χ1) is 13.2. The maximum atomic E-state index is 13.1. The van der Waals surface area contributed by atoms with Gasteiger partial charge in [0.1, 0.15) is 18.2 Å². The predicted octanol–water partition coefficient (Wildman–Crippen LogP) is 1.93. The molecule has 1 saturated carbocycles. The zero-order valence-electron chi connectivity index (χ0n) is 14.7. The Bertz CT molecular complexity index is 956. The molecular formula is C19H19N5O3. The molecule has 2 amide bonds. The molecule has 0 radical (unpaired) electrons. The van der Waals surface area contributed by atoms with Crippen molar-refractivity contribution in [2.45, 2.75) is 31.8 Å². The van der Waals surface area contributed by atoms with Crippen LogP contribution in [0.1, 0.15) is 46.1 Å². The van der Waals surface area contributed by atoms with Gasteiger partial charge in [-0.3, -0.25) is 19.6 Å². The number of pyridine rings is 2. The number of anilines is 2. The smallest absolute Gasteiger partial charge is 0.415 e. The normalized spacial score (nSPS) is 18.9. The van der Waals surface area contributed by atoms with Gasteiger partial charge in [-0.1, -0.05) is 6.07 Å². The lowest BCUT2D eigenvalue weighted by molar-refractivity contribution is 0.0995. The van der Waals surface area contributed by atoms with Gasteiger partial charge in [0.25, 0.3) is 5.91 Å². The van der Waals surface area contributed by atoms with Crippen LogP contribution >= 0.6 is 0 Å². The number of aromatic nitrogens is 2. The number of hydrogen-bond acceptors (Lipinski definition) is 6. The molecule has 27 heavy (non-hydrogen) atoms. The van der Waals surface area contributed by atoms with Gasteiger partial charge in [0, 0.05) is 29.3 Å². The molecule has 0 unspecified atom stereocenters. The second-order valence-electron chi connectivity index (χ2n) is 7.01. The second-order valence-corrected chi connectivity index (χ2v) is 7.01. The van der Waals surface area contributed by atoms with Crippen LogP contribution in [0.2, 0.25) is 0 Å². The van der Waals surface area contributed by atoms with E-state index in [0.717, 1.165) is 29.8 Å². The third-order valence-corrected chi connectivity index (χ3v) is 5.24. The third-order valence-electron chi connectivity index (χ3n) is 5.24. The Balaban J connectivity index is 1.50. The van der Waals surface area contributed by atoms with Gasteiger partial charge in [0.05, 0.1) is 18.8 Å². The van der Waals surface area contributed by atoms with Crippen molar-refractivity contribution in [3.05, 3.63) is 46.8 Å². The van der Waals surface area contributed by atoms with E-state index in [9.17, 15) is 9.59 Å². The van der Waals surface area contributed by atoms with Crippen LogP contribution < -0.4 is 15.5 Å². The maximum absolute atomic E-state index is 13.1. The van der Waals surface area contributed by atoms with E-state index in [-0.39, 0.29) is 5.91 Å². The van der Waals surface area contributed by atoms with Crippen LogP contribution in [0.15, 0.2) is 24.3 Å². The minimum absolute atomic E-state index is 0.0994. The summed E-state index contributed by atoms with van der Waals surface area (Å²) in [6, 6.07) is 7.21. The van der Waals surface area contributed by atoms with Crippen molar-refractivity contribution in [1.82, 2.24) is 9.97 Å². The molecule has 2 N–H and O–H groups in total. The highest BCUT2D eigenvalue weighted by Crippen LogP contribution is 2.41. The first-order valence-electron chi connectivity index (χ1n) is 9.11. The fourth-order valence-corrected chi connectivity index (χ4v) is 3.65. The number of ether oxygens (including phenoxy) is 1. The van der Waals surface area contributed by atoms with E-state index >= 15 is 0 Å². The number of nitrogens with two attached hydrogens (primary N) is 1. The summed E-state index contributed by atoms with van der Waals surface area (Å²) in [6.07, 6.45) is 1.81. The minimum atomic E-state index is -0.417. The van der Waals surface area contributed by atoms with Crippen molar-refractivity contribution in [2.24, 2.45) is 5.73 Å². The van der Waals surface area contributed by atoms with Crippen LogP contribution in [0.5, 0.6) is 0 Å². The van der Waals surface area contributed by atoms with Gasteiger partial charge in [-0.15, -0.1) is 0 Å². The second kappa shape index (κ2) is 6.02. The van der Waals surface area contributed by atoms with Crippen molar-refractivity contribution < 1.29 is 14.3 Å². The summed E-state index contributed by atoms with van der Waals surface area (Å²) in [7, 11) is 0. The molecule has 2 fully saturated rings. The standard InChI is InChI=1S/C19H19N5O3/c20-9-15-13-10-24(18(25)12(13)8-14(21-15)11-4-5-11)17-3-1-2-16(22-17)23-6-7-27-19(23)26/h1-3,8,11H,4-7,9-10,20H2. The highest BCUT2D eigenvalue weighted by atomic mass is 16.6. The van der Waals surface area contributed by atoms with Crippen molar-refractivity contribution in [3.63, 3.8) is 0 Å². The van der Waals surface area contributed by atoms with Crippen molar-refractivity contribution in [1.29, 1.82) is 0 Å². The van der Waals surface area contributed by atoms with Gasteiger partial charge in [-0.05, 0) is 31.0 Å². The summed E-state index contributed by atoms with van der Waals surface area (Å²) < 4.78 is 4.97. The first-order valence-corrected chi connectivity index (χ1v) is 9.11. The number of cyclic esters (lactones) is 1. The summed E-state index contributed by atoms with van der Waals surface area (Å²) in [5.74, 6) is 1.33. The average Bonchev–Trinajstić information content (AvgIpc) is 3.37. The van der Waals surface area contributed by atoms with Gasteiger partial charge in [0.15, 0.2) is 0 Å². The van der Waals surface area contributed by atoms with E-state index < -0.39 is 6.09 Å². The Kier molecular flexibility index (Phi) is 3.61. The van der Waals surface area contributed by atoms with E-state index in [0.29, 0.717) is 49.4 Å². The Morgan fingerprint density at radius 2 is 1.93 bits per heavy atom. The fourth-order valence-electron chi connectivity index (χ4n) is 3.65. The summed E-state index contributed by atoms with van der Waals surface area (Å²) >= 11 is 0. The molecule has 2 aromatic rings. The van der Waals surface area contributed by atoms with Crippen LogP contribution in [-0.4, -0.2) is 35.1 Å². The van der Waals surface area contributed by atoms with Crippen LogP contribution in [-0.2, 0) is 17.8 Å². The molecule has 4 heterocycles. The quantitative estimate of drug-likeness (QED) is 0.888. The third kappa shape index (κ3) is 2.64. The number of nitrogens with zero attached hydrogens (tertiary/aromatic N) is 4. The molecule has 5 rings (SSSR count). The number of rotatable bonds is 4. The molecule has 1 saturated heterocycles. The number of fused-ring (bicyclic) bond motifs is 1. The van der Waals surface area contributed by atoms with Crippen molar-refractivity contribution in [2.75, 3.05) is 23.0 Å². The molecule has 2 aromatic heterocycles. The Hall–Kier alpha value is -3.00. The topological polar surface area (TPSA) is 102 Å². The number of carbonyl (C=O) groups is 2. The van der Waals surface area contributed by atoms with Crippen molar-refractivity contribution in [3.8, 4) is 0 Å². The summed E-state index contributed by atoms with van der Waals surface area (Å²) in [4.78, 5) is 37.2. The van der Waals surface area contributed by atoms with Gasteiger partial charge in [-0.25, -0.2) is 9.78 Å². The van der Waals surface area contributed by atoms with Gasteiger partial charge >= 0.3 is 6.09 Å². The van der Waals surface area contributed by atoms with Gasteiger partial charge in [-0.2, -0.15) is 0 Å². The average molecular weight is 365 g/mol. The zero-order valence-corrected chi connectivity index (χ0v) is 14.7. The van der Waals surface area contributed by atoms with Crippen LogP contribution in [0, 0.1) is 0 Å². The summed E-state index contributed by atoms with van der Waals surface area (Å²) in [5.41, 5.74) is 9.19. The number of carbonyl (C=O) groups excluding carboxylic acids is 2. The SMILES string of the molecule is NCc1nc(C2CC2)cc2c1CN(c1cccc(N3CCOC3=O)n1)C2=O. The number of hydrogen-bond donors (Lipinski definition) is 1. The van der Waals surface area contributed by atoms with Crippen LogP contribution in [0.4, 0.5) is 16.4 Å². The minimum Gasteiger partial charge on any atom is -0.447 e. The van der Waals surface area contributed by atoms with E-state index in [2.05, 4.69) is 9.97 Å². The molecule has 3 aliphatic rings. The highest BCUT2D eigenvalue weighted by Gasteiger charge is 2.35. The van der Waals surface area contributed by atoms with Crippen LogP contribution in [0.3, 0.4) is 0 Å². The van der Waals surface area contributed by atoms with Crippen LogP contribution in [0.25, 0.3) is 0 Å². The molecule has 138 valence electrons. The molecule has 0 spiro atoms. The zero-order chi connectivity index (χ0) is 18.5. The Labute approximate surface area is 155 Å². The lowest BCUT2D eigenvalue weighted by atomic mass is 10.1. The monoisotopic (exact) mass is 365 g/mol. The first kappa shape index (κ1) is 16.2. The van der Waals surface area contributed by atoms with E-state index in [1.54, 1.807) is 23.1 Å². The molecular weight excluding hydrogens is 346 g/mol. The Morgan fingerprint density at radius 1 is 1.15 bits per heavy atom. The van der Waals surface area contributed by atoms with E-state index in [4.69, 9.17) is 10.5 Å². The lowest BCUT2D eigenvalue weighted by Crippen LogP contribution is -2.27. The highest BCUT2D eigenvalue weighted by molar-refractivity contribution is 6.10. The lowest BCUT2D eigenvalue weighted by Gasteiger charge is -2.18. The molecule has 0 aromatic carbocycles. The molecule has 8 heteroatoms. The molecule has 1 aliphatic carbocycles. The molecule has 0 bridgehead atoms. The maximum Gasteiger partial charge on any atom is 0.415 e. The summed E-state index contributed by atoms with van der Waals surface area (Å²) in [5, 5.41) is 0. The fraction of sp³-hybridized carbons (Fsp3) is 0.368. The van der Waals surface area contributed by atoms with Gasteiger partial charge < -0.3 is 10.5 Å². The number of amides is 2. The molecule has 8 nitrogen and oxygen atoms in total. The van der Waals surface area contributed by atoms with Crippen molar-refractivity contribution >= 4 is 23.6 Å². The Morgan fingerprint density at radius 3 is 2.59 bits per heavy atom.